The predicted octanol–water partition coefficient (Wildman–Crippen LogP) is 2.18. The van der Waals surface area contributed by atoms with Gasteiger partial charge in [0.25, 0.3) is 11.4 Å². The Hall–Kier alpha value is -3.56. The van der Waals surface area contributed by atoms with Crippen molar-refractivity contribution in [2.24, 2.45) is 0 Å². The largest absolute Gasteiger partial charge is 0.480 e. The molecule has 0 saturated carbocycles. The van der Waals surface area contributed by atoms with Gasteiger partial charge in [-0.25, -0.2) is 14.2 Å². The minimum Gasteiger partial charge on any atom is -0.480 e. The number of rotatable bonds is 5. The van der Waals surface area contributed by atoms with Crippen LogP contribution in [0.25, 0.3) is 11.5 Å². The van der Waals surface area contributed by atoms with Gasteiger partial charge in [-0.05, 0) is 31.5 Å². The van der Waals surface area contributed by atoms with Crippen molar-refractivity contribution in [1.82, 2.24) is 19.7 Å². The van der Waals surface area contributed by atoms with Gasteiger partial charge >= 0.3 is 5.97 Å². The number of carboxylic acids is 1. The molecule has 0 radical (unpaired) electrons. The molecule has 9 nitrogen and oxygen atoms in total. The summed E-state index contributed by atoms with van der Waals surface area (Å²) in [5, 5.41) is 16.1. The van der Waals surface area contributed by atoms with E-state index in [-0.39, 0.29) is 17.4 Å². The first-order chi connectivity index (χ1) is 13.4. The standard InChI is InChI=1S/C18H16FN5O4/c1-9(15-22-16(28-23-15)10-3-2-4-11(19)7-10)21-12-8-20-14-6-5-13(18(26)27)24(14)17(12)25/h2-4,7-9,13,21H,5-6H2,1H3,(H,26,27)/t9-,13+/m1/s1. The minimum atomic E-state index is -1.06. The van der Waals surface area contributed by atoms with Crippen molar-refractivity contribution >= 4 is 11.7 Å². The van der Waals surface area contributed by atoms with E-state index >= 15 is 0 Å². The SMILES string of the molecule is C[C@@H](Nc1cnc2n(c1=O)[C@H](C(=O)O)CC2)c1noc(-c2cccc(F)c2)n1. The number of halogens is 1. The number of fused-ring (bicyclic) bond motifs is 1. The van der Waals surface area contributed by atoms with Crippen LogP contribution in [0.1, 0.15) is 37.1 Å². The van der Waals surface area contributed by atoms with E-state index in [0.29, 0.717) is 24.2 Å². The molecule has 28 heavy (non-hydrogen) atoms. The van der Waals surface area contributed by atoms with Crippen LogP contribution in [0.15, 0.2) is 39.8 Å². The number of nitrogens with zero attached hydrogens (tertiary/aromatic N) is 4. The molecule has 0 aliphatic carbocycles. The molecule has 144 valence electrons. The predicted molar refractivity (Wildman–Crippen MR) is 95.2 cm³/mol. The van der Waals surface area contributed by atoms with Gasteiger partial charge in [0.05, 0.1) is 12.2 Å². The molecule has 3 aromatic rings. The summed E-state index contributed by atoms with van der Waals surface area (Å²) in [5.74, 6) is -0.625. The molecule has 3 heterocycles. The summed E-state index contributed by atoms with van der Waals surface area (Å²) in [4.78, 5) is 32.5. The van der Waals surface area contributed by atoms with Gasteiger partial charge in [0.2, 0.25) is 0 Å². The summed E-state index contributed by atoms with van der Waals surface area (Å²) in [7, 11) is 0. The number of hydrogen-bond acceptors (Lipinski definition) is 7. The highest BCUT2D eigenvalue weighted by molar-refractivity contribution is 5.72. The van der Waals surface area contributed by atoms with Crippen molar-refractivity contribution in [2.45, 2.75) is 31.8 Å². The summed E-state index contributed by atoms with van der Waals surface area (Å²) >= 11 is 0. The Labute approximate surface area is 157 Å². The lowest BCUT2D eigenvalue weighted by molar-refractivity contribution is -0.140. The lowest BCUT2D eigenvalue weighted by atomic mass is 10.2. The number of carbonyl (C=O) groups is 1. The Morgan fingerprint density at radius 2 is 2.29 bits per heavy atom. The molecular weight excluding hydrogens is 369 g/mol. The zero-order valence-corrected chi connectivity index (χ0v) is 14.8. The fraction of sp³-hybridized carbons (Fsp3) is 0.278. The van der Waals surface area contributed by atoms with Crippen LogP contribution in [0.2, 0.25) is 0 Å². The molecule has 4 rings (SSSR count). The van der Waals surface area contributed by atoms with Crippen LogP contribution < -0.4 is 10.9 Å². The fourth-order valence-electron chi connectivity index (χ4n) is 3.19. The molecule has 0 amide bonds. The van der Waals surface area contributed by atoms with Gasteiger partial charge in [-0.1, -0.05) is 11.2 Å². The van der Waals surface area contributed by atoms with Crippen LogP contribution >= 0.6 is 0 Å². The second kappa shape index (κ2) is 6.87. The average molecular weight is 385 g/mol. The van der Waals surface area contributed by atoms with Crippen LogP contribution in [-0.4, -0.2) is 30.8 Å². The second-order valence-corrected chi connectivity index (χ2v) is 6.49. The van der Waals surface area contributed by atoms with Crippen molar-refractivity contribution in [2.75, 3.05) is 5.32 Å². The number of nitrogens with one attached hydrogen (secondary N) is 1. The zero-order valence-electron chi connectivity index (χ0n) is 14.8. The van der Waals surface area contributed by atoms with E-state index in [2.05, 4.69) is 20.4 Å². The molecule has 1 aromatic carbocycles. The number of aliphatic carboxylic acids is 1. The summed E-state index contributed by atoms with van der Waals surface area (Å²) < 4.78 is 19.7. The van der Waals surface area contributed by atoms with Crippen LogP contribution in [0.5, 0.6) is 0 Å². The first-order valence-electron chi connectivity index (χ1n) is 8.63. The Morgan fingerprint density at radius 3 is 3.04 bits per heavy atom. The fourth-order valence-corrected chi connectivity index (χ4v) is 3.19. The van der Waals surface area contributed by atoms with E-state index in [1.54, 1.807) is 13.0 Å². The summed E-state index contributed by atoms with van der Waals surface area (Å²) in [6.07, 6.45) is 2.14. The third kappa shape index (κ3) is 3.13. The average Bonchev–Trinajstić information content (AvgIpc) is 3.31. The van der Waals surface area contributed by atoms with E-state index in [9.17, 15) is 19.1 Å². The molecule has 2 aromatic heterocycles. The van der Waals surface area contributed by atoms with E-state index in [4.69, 9.17) is 4.52 Å². The van der Waals surface area contributed by atoms with E-state index in [1.165, 1.54) is 29.0 Å². The molecule has 10 heteroatoms. The van der Waals surface area contributed by atoms with Crippen molar-refractivity contribution in [3.8, 4) is 11.5 Å². The Morgan fingerprint density at radius 1 is 1.46 bits per heavy atom. The van der Waals surface area contributed by atoms with Gasteiger partial charge in [0.15, 0.2) is 5.82 Å². The third-order valence-corrected chi connectivity index (χ3v) is 4.58. The summed E-state index contributed by atoms with van der Waals surface area (Å²) in [6, 6.07) is 4.32. The summed E-state index contributed by atoms with van der Waals surface area (Å²) in [6.45, 7) is 1.71. The van der Waals surface area contributed by atoms with Crippen molar-refractivity contribution in [3.63, 3.8) is 0 Å². The Kier molecular flexibility index (Phi) is 4.38. The lowest BCUT2D eigenvalue weighted by Crippen LogP contribution is -2.30. The molecule has 0 bridgehead atoms. The molecule has 0 spiro atoms. The third-order valence-electron chi connectivity index (χ3n) is 4.58. The van der Waals surface area contributed by atoms with Gasteiger partial charge in [-0.3, -0.25) is 9.36 Å². The normalized spacial score (nSPS) is 16.6. The Bertz CT molecular complexity index is 1110. The second-order valence-electron chi connectivity index (χ2n) is 6.49. The smallest absolute Gasteiger partial charge is 0.326 e. The van der Waals surface area contributed by atoms with Gasteiger partial charge in [0.1, 0.15) is 23.4 Å². The molecular formula is C18H16FN5O4. The maximum atomic E-state index is 13.4. The number of benzene rings is 1. The van der Waals surface area contributed by atoms with Crippen molar-refractivity contribution < 1.29 is 18.8 Å². The number of anilines is 1. The minimum absolute atomic E-state index is 0.140. The number of aromatic nitrogens is 4. The van der Waals surface area contributed by atoms with E-state index < -0.39 is 29.4 Å². The van der Waals surface area contributed by atoms with Crippen LogP contribution in [-0.2, 0) is 11.2 Å². The zero-order chi connectivity index (χ0) is 19.8. The van der Waals surface area contributed by atoms with Crippen LogP contribution in [0.3, 0.4) is 0 Å². The molecule has 2 N–H and O–H groups in total. The van der Waals surface area contributed by atoms with Gasteiger partial charge in [-0.15, -0.1) is 0 Å². The molecule has 0 fully saturated rings. The van der Waals surface area contributed by atoms with E-state index in [1.807, 2.05) is 0 Å². The van der Waals surface area contributed by atoms with Crippen LogP contribution in [0, 0.1) is 5.82 Å². The maximum absolute atomic E-state index is 13.4. The van der Waals surface area contributed by atoms with E-state index in [0.717, 1.165) is 0 Å². The maximum Gasteiger partial charge on any atom is 0.326 e. The topological polar surface area (TPSA) is 123 Å². The molecule has 0 unspecified atom stereocenters. The molecule has 1 aliphatic rings. The molecule has 1 aliphatic heterocycles. The number of aryl methyl sites for hydroxylation is 1. The molecule has 2 atom stereocenters. The first-order valence-corrected chi connectivity index (χ1v) is 8.63. The number of hydrogen-bond donors (Lipinski definition) is 2. The highest BCUT2D eigenvalue weighted by Crippen LogP contribution is 2.25. The highest BCUT2D eigenvalue weighted by Gasteiger charge is 2.31. The number of carboxylic acid groups (broad SMARTS) is 1. The quantitative estimate of drug-likeness (QED) is 0.685. The highest BCUT2D eigenvalue weighted by atomic mass is 19.1. The Balaban J connectivity index is 1.58. The van der Waals surface area contributed by atoms with Gasteiger partial charge in [-0.2, -0.15) is 4.98 Å². The van der Waals surface area contributed by atoms with Crippen molar-refractivity contribution in [3.05, 3.63) is 58.3 Å². The first kappa shape index (κ1) is 17.8. The van der Waals surface area contributed by atoms with Gasteiger partial charge in [0, 0.05) is 12.0 Å². The monoisotopic (exact) mass is 385 g/mol. The van der Waals surface area contributed by atoms with Gasteiger partial charge < -0.3 is 14.9 Å². The lowest BCUT2D eigenvalue weighted by Gasteiger charge is -2.14. The van der Waals surface area contributed by atoms with Crippen molar-refractivity contribution in [1.29, 1.82) is 0 Å². The molecule has 0 saturated heterocycles. The summed E-state index contributed by atoms with van der Waals surface area (Å²) in [5.41, 5.74) is 0.117. The van der Waals surface area contributed by atoms with Crippen LogP contribution in [0.4, 0.5) is 10.1 Å².